The van der Waals surface area contributed by atoms with Crippen molar-refractivity contribution in [1.29, 1.82) is 0 Å². The van der Waals surface area contributed by atoms with Crippen LogP contribution in [0, 0.1) is 28.6 Å². The van der Waals surface area contributed by atoms with E-state index in [1.165, 1.54) is 0 Å². The van der Waals surface area contributed by atoms with E-state index in [-0.39, 0.29) is 22.8 Å². The first-order valence-electron chi connectivity index (χ1n) is 11.1. The summed E-state index contributed by atoms with van der Waals surface area (Å²) in [6.45, 7) is 4.67. The zero-order chi connectivity index (χ0) is 20.4. The average Bonchev–Trinajstić information content (AvgIpc) is 2.97. The second-order valence-electron chi connectivity index (χ2n) is 10.2. The molecule has 1 N–H and O–H groups in total. The number of pyridine rings is 1. The lowest BCUT2D eigenvalue weighted by Crippen LogP contribution is -2.59. The van der Waals surface area contributed by atoms with Crippen molar-refractivity contribution in [2.45, 2.75) is 58.1 Å². The van der Waals surface area contributed by atoms with Gasteiger partial charge in [0.25, 0.3) is 0 Å². The van der Waals surface area contributed by atoms with Crippen molar-refractivity contribution in [3.63, 3.8) is 0 Å². The molecule has 0 bridgehead atoms. The summed E-state index contributed by atoms with van der Waals surface area (Å²) in [5, 5.41) is 11.3. The van der Waals surface area contributed by atoms with Gasteiger partial charge < -0.3 is 10.0 Å². The predicted octanol–water partition coefficient (Wildman–Crippen LogP) is 4.08. The smallest absolute Gasteiger partial charge is 0.246 e. The van der Waals surface area contributed by atoms with Gasteiger partial charge in [0.1, 0.15) is 0 Å². The Morgan fingerprint density at radius 2 is 2.03 bits per heavy atom. The number of likely N-dealkylation sites (N-methyl/N-ethyl adjacent to an activating group) is 1. The molecule has 0 aromatic carbocycles. The van der Waals surface area contributed by atoms with Gasteiger partial charge in [-0.2, -0.15) is 0 Å². The van der Waals surface area contributed by atoms with Gasteiger partial charge in [-0.3, -0.25) is 9.78 Å². The maximum atomic E-state index is 12.2. The van der Waals surface area contributed by atoms with Crippen LogP contribution in [0.15, 0.2) is 42.1 Å². The third-order valence-electron chi connectivity index (χ3n) is 9.02. The molecule has 1 aliphatic heterocycles. The summed E-state index contributed by atoms with van der Waals surface area (Å²) in [5.41, 5.74) is 2.08. The van der Waals surface area contributed by atoms with Crippen LogP contribution in [0.4, 0.5) is 0 Å². The number of aliphatic hydroxyl groups is 1. The van der Waals surface area contributed by atoms with Crippen molar-refractivity contribution in [1.82, 2.24) is 9.88 Å². The highest BCUT2D eigenvalue weighted by molar-refractivity contribution is 5.89. The van der Waals surface area contributed by atoms with Crippen molar-refractivity contribution in [2.75, 3.05) is 7.05 Å². The summed E-state index contributed by atoms with van der Waals surface area (Å²) in [5.74, 6) is 1.82. The minimum atomic E-state index is -0.382. The number of aromatic nitrogens is 1. The maximum absolute atomic E-state index is 12.2. The molecule has 4 heteroatoms. The number of carbonyl (C=O) groups excluding carboxylic acids is 1. The molecule has 3 fully saturated rings. The fourth-order valence-electron chi connectivity index (χ4n) is 7.39. The molecule has 0 saturated heterocycles. The van der Waals surface area contributed by atoms with Crippen LogP contribution in [0.3, 0.4) is 0 Å². The Bertz CT molecular complexity index is 878. The second-order valence-corrected chi connectivity index (χ2v) is 10.2. The van der Waals surface area contributed by atoms with E-state index in [1.807, 2.05) is 36.3 Å². The minimum absolute atomic E-state index is 0.0469. The molecule has 29 heavy (non-hydrogen) atoms. The molecule has 4 nitrogen and oxygen atoms in total. The van der Waals surface area contributed by atoms with Gasteiger partial charge in [-0.15, -0.1) is 0 Å². The number of fused-ring (bicyclic) bond motifs is 5. The van der Waals surface area contributed by atoms with Gasteiger partial charge in [-0.1, -0.05) is 26.0 Å². The van der Waals surface area contributed by atoms with Crippen LogP contribution in [0.1, 0.15) is 51.6 Å². The molecule has 154 valence electrons. The normalized spacial score (nSPS) is 45.1. The molecule has 0 unspecified atom stereocenters. The topological polar surface area (TPSA) is 53.4 Å². The van der Waals surface area contributed by atoms with E-state index in [0.29, 0.717) is 23.8 Å². The number of nitrogens with zero attached hydrogens (tertiary/aromatic N) is 2. The van der Waals surface area contributed by atoms with Crippen LogP contribution >= 0.6 is 0 Å². The van der Waals surface area contributed by atoms with Crippen LogP contribution in [-0.2, 0) is 4.79 Å². The Kier molecular flexibility index (Phi) is 4.29. The Labute approximate surface area is 173 Å². The van der Waals surface area contributed by atoms with Crippen molar-refractivity contribution in [3.8, 4) is 0 Å². The summed E-state index contributed by atoms with van der Waals surface area (Å²) >= 11 is 0. The van der Waals surface area contributed by atoms with E-state index in [2.05, 4.69) is 31.0 Å². The third kappa shape index (κ3) is 2.68. The molecule has 1 aromatic rings. The van der Waals surface area contributed by atoms with E-state index in [4.69, 9.17) is 0 Å². The number of aliphatic hydroxyl groups excluding tert-OH is 1. The van der Waals surface area contributed by atoms with Gasteiger partial charge >= 0.3 is 0 Å². The predicted molar refractivity (Wildman–Crippen MR) is 114 cm³/mol. The van der Waals surface area contributed by atoms with Crippen LogP contribution in [-0.4, -0.2) is 40.1 Å². The number of hydrogen-bond donors (Lipinski definition) is 1. The lowest BCUT2D eigenvalue weighted by molar-refractivity contribution is -0.140. The van der Waals surface area contributed by atoms with Gasteiger partial charge in [-0.25, -0.2) is 0 Å². The summed E-state index contributed by atoms with van der Waals surface area (Å²) < 4.78 is 0. The van der Waals surface area contributed by atoms with Crippen molar-refractivity contribution in [3.05, 3.63) is 47.8 Å². The van der Waals surface area contributed by atoms with E-state index in [1.54, 1.807) is 6.08 Å². The molecule has 0 spiro atoms. The number of hydrogen-bond acceptors (Lipinski definition) is 3. The van der Waals surface area contributed by atoms with E-state index >= 15 is 0 Å². The molecule has 7 atom stereocenters. The average molecular weight is 393 g/mol. The summed E-state index contributed by atoms with van der Waals surface area (Å²) in [7, 11) is 1.97. The first-order chi connectivity index (χ1) is 13.8. The highest BCUT2D eigenvalue weighted by atomic mass is 16.3. The first-order valence-corrected chi connectivity index (χ1v) is 11.1. The molecule has 1 aromatic heterocycles. The quantitative estimate of drug-likeness (QED) is 0.784. The van der Waals surface area contributed by atoms with Gasteiger partial charge in [0, 0.05) is 30.1 Å². The van der Waals surface area contributed by atoms with Crippen molar-refractivity contribution >= 4 is 12.0 Å². The standard InChI is InChI=1S/C25H32N2O2/c1-24-12-10-22(28)27(3)21(24)8-7-18-19(24)9-11-25(2)20(18)15-16(23(25)29)14-17-6-4-5-13-26-17/h4-6,10,12-14,18-21,23,29H,7-9,11,15H2,1-3H3/t18-,19+,20+,21-,23+,24-,25+/m1/s1. The fraction of sp³-hybridized carbons (Fsp3) is 0.600. The molecule has 1 amide bonds. The largest absolute Gasteiger partial charge is 0.388 e. The summed E-state index contributed by atoms with van der Waals surface area (Å²) in [6, 6.07) is 6.25. The highest BCUT2D eigenvalue weighted by Crippen LogP contribution is 2.64. The van der Waals surface area contributed by atoms with Gasteiger partial charge in [0.15, 0.2) is 0 Å². The number of rotatable bonds is 1. The van der Waals surface area contributed by atoms with Crippen molar-refractivity contribution < 1.29 is 9.90 Å². The SMILES string of the molecule is CN1C(=O)C=C[C@]2(C)[C@H]3CC[C@]4(C)[C@@H](O)C(=Cc5ccccn5)C[C@H]4[C@@H]3CC[C@@H]12. The lowest BCUT2D eigenvalue weighted by atomic mass is 9.48. The van der Waals surface area contributed by atoms with Crippen LogP contribution in [0.5, 0.6) is 0 Å². The zero-order valence-electron chi connectivity index (χ0n) is 17.7. The molecule has 0 radical (unpaired) electrons. The van der Waals surface area contributed by atoms with Crippen molar-refractivity contribution in [2.24, 2.45) is 28.6 Å². The molecule has 3 aliphatic carbocycles. The molecule has 5 rings (SSSR count). The third-order valence-corrected chi connectivity index (χ3v) is 9.02. The number of amides is 1. The second kappa shape index (κ2) is 6.53. The zero-order valence-corrected chi connectivity index (χ0v) is 17.7. The van der Waals surface area contributed by atoms with Gasteiger partial charge in [-0.05, 0) is 79.7 Å². The Morgan fingerprint density at radius 3 is 2.79 bits per heavy atom. The van der Waals surface area contributed by atoms with Gasteiger partial charge in [0.05, 0.1) is 11.8 Å². The first kappa shape index (κ1) is 19.0. The molecular weight excluding hydrogens is 360 g/mol. The Hall–Kier alpha value is -1.94. The van der Waals surface area contributed by atoms with Gasteiger partial charge in [0.2, 0.25) is 5.91 Å². The van der Waals surface area contributed by atoms with Crippen LogP contribution < -0.4 is 0 Å². The minimum Gasteiger partial charge on any atom is -0.388 e. The highest BCUT2D eigenvalue weighted by Gasteiger charge is 2.61. The van der Waals surface area contributed by atoms with Crippen LogP contribution in [0.25, 0.3) is 6.08 Å². The molecule has 3 saturated carbocycles. The fourth-order valence-corrected chi connectivity index (χ4v) is 7.39. The molecular formula is C25H32N2O2. The maximum Gasteiger partial charge on any atom is 0.246 e. The summed E-state index contributed by atoms with van der Waals surface area (Å²) in [6.07, 6.45) is 12.9. The summed E-state index contributed by atoms with van der Waals surface area (Å²) in [4.78, 5) is 18.7. The Balaban J connectivity index is 1.48. The Morgan fingerprint density at radius 1 is 1.21 bits per heavy atom. The van der Waals surface area contributed by atoms with E-state index < -0.39 is 0 Å². The monoisotopic (exact) mass is 392 g/mol. The molecule has 4 aliphatic rings. The van der Waals surface area contributed by atoms with E-state index in [0.717, 1.165) is 43.4 Å². The molecule has 2 heterocycles. The van der Waals surface area contributed by atoms with Crippen LogP contribution in [0.2, 0.25) is 0 Å². The lowest BCUT2D eigenvalue weighted by Gasteiger charge is -2.59. The number of carbonyl (C=O) groups is 1. The van der Waals surface area contributed by atoms with E-state index in [9.17, 15) is 9.90 Å².